The first kappa shape index (κ1) is 13.3. The smallest absolute Gasteiger partial charge is 0.356 e. The van der Waals surface area contributed by atoms with Gasteiger partial charge in [-0.2, -0.15) is 0 Å². The Hall–Kier alpha value is -2.18. The second kappa shape index (κ2) is 5.64. The fourth-order valence-electron chi connectivity index (χ4n) is 1.75. The number of ether oxygens (including phenoxy) is 1. The molecule has 0 radical (unpaired) electrons. The molecule has 0 unspecified atom stereocenters. The van der Waals surface area contributed by atoms with Crippen LogP contribution in [-0.4, -0.2) is 29.5 Å². The SMILES string of the molecule is COC(=O)c1ccc([N+](=O)[O-])c(NCCC2CC2)n1. The van der Waals surface area contributed by atoms with E-state index < -0.39 is 10.9 Å². The van der Waals surface area contributed by atoms with Gasteiger partial charge in [0.15, 0.2) is 5.69 Å². The van der Waals surface area contributed by atoms with Gasteiger partial charge in [0.05, 0.1) is 12.0 Å². The minimum atomic E-state index is -0.611. The predicted octanol–water partition coefficient (Wildman–Crippen LogP) is 1.99. The molecule has 1 aliphatic rings. The molecular weight excluding hydrogens is 250 g/mol. The van der Waals surface area contributed by atoms with Crippen molar-refractivity contribution in [1.82, 2.24) is 4.98 Å². The van der Waals surface area contributed by atoms with Crippen LogP contribution < -0.4 is 5.32 Å². The van der Waals surface area contributed by atoms with Gasteiger partial charge in [-0.25, -0.2) is 9.78 Å². The molecule has 1 N–H and O–H groups in total. The number of aromatic nitrogens is 1. The van der Waals surface area contributed by atoms with E-state index in [9.17, 15) is 14.9 Å². The highest BCUT2D eigenvalue weighted by molar-refractivity contribution is 5.88. The summed E-state index contributed by atoms with van der Waals surface area (Å²) < 4.78 is 4.55. The third kappa shape index (κ3) is 3.40. The van der Waals surface area contributed by atoms with Gasteiger partial charge in [0, 0.05) is 12.6 Å². The zero-order valence-electron chi connectivity index (χ0n) is 10.6. The van der Waals surface area contributed by atoms with E-state index in [1.165, 1.54) is 32.1 Å². The Labute approximate surface area is 110 Å². The van der Waals surface area contributed by atoms with Gasteiger partial charge >= 0.3 is 11.7 Å². The van der Waals surface area contributed by atoms with Gasteiger partial charge in [-0.1, -0.05) is 12.8 Å². The summed E-state index contributed by atoms with van der Waals surface area (Å²) in [5, 5.41) is 13.8. The summed E-state index contributed by atoms with van der Waals surface area (Å²) in [7, 11) is 1.24. The summed E-state index contributed by atoms with van der Waals surface area (Å²) in [6.45, 7) is 0.614. The third-order valence-corrected chi connectivity index (χ3v) is 3.01. The van der Waals surface area contributed by atoms with Crippen LogP contribution in [0.15, 0.2) is 12.1 Å². The summed E-state index contributed by atoms with van der Waals surface area (Å²) in [6, 6.07) is 2.55. The highest BCUT2D eigenvalue weighted by Crippen LogP contribution is 2.32. The van der Waals surface area contributed by atoms with E-state index in [2.05, 4.69) is 15.0 Å². The number of nitrogens with one attached hydrogen (secondary N) is 1. The van der Waals surface area contributed by atoms with Crippen LogP contribution in [0.1, 0.15) is 29.8 Å². The van der Waals surface area contributed by atoms with E-state index in [-0.39, 0.29) is 17.2 Å². The molecule has 1 fully saturated rings. The monoisotopic (exact) mass is 265 g/mol. The third-order valence-electron chi connectivity index (χ3n) is 3.01. The van der Waals surface area contributed by atoms with Crippen molar-refractivity contribution in [2.75, 3.05) is 19.0 Å². The van der Waals surface area contributed by atoms with E-state index in [0.717, 1.165) is 12.3 Å². The quantitative estimate of drug-likeness (QED) is 0.480. The van der Waals surface area contributed by atoms with Crippen molar-refractivity contribution >= 4 is 17.5 Å². The second-order valence-electron chi connectivity index (χ2n) is 4.47. The average molecular weight is 265 g/mol. The normalized spacial score (nSPS) is 13.9. The summed E-state index contributed by atoms with van der Waals surface area (Å²) >= 11 is 0. The lowest BCUT2D eigenvalue weighted by Crippen LogP contribution is -2.11. The van der Waals surface area contributed by atoms with Gasteiger partial charge in [-0.3, -0.25) is 10.1 Å². The number of nitro groups is 1. The molecule has 1 aromatic rings. The van der Waals surface area contributed by atoms with Crippen LogP contribution in [0.2, 0.25) is 0 Å². The van der Waals surface area contributed by atoms with E-state index in [4.69, 9.17) is 0 Å². The Bertz CT molecular complexity index is 500. The maximum Gasteiger partial charge on any atom is 0.356 e. The number of hydrogen-bond donors (Lipinski definition) is 1. The number of pyridine rings is 1. The number of anilines is 1. The zero-order valence-corrected chi connectivity index (χ0v) is 10.6. The molecule has 1 saturated carbocycles. The number of nitrogens with zero attached hydrogens (tertiary/aromatic N) is 2. The van der Waals surface area contributed by atoms with Crippen molar-refractivity contribution in [1.29, 1.82) is 0 Å². The standard InChI is InChI=1S/C12H15N3O4/c1-19-12(16)9-4-5-10(15(17)18)11(14-9)13-7-6-8-2-3-8/h4-5,8H,2-3,6-7H2,1H3,(H,13,14). The fourth-order valence-corrected chi connectivity index (χ4v) is 1.75. The molecule has 0 saturated heterocycles. The summed E-state index contributed by atoms with van der Waals surface area (Å²) in [5.74, 6) is 0.226. The highest BCUT2D eigenvalue weighted by Gasteiger charge is 2.22. The molecule has 7 heteroatoms. The summed E-state index contributed by atoms with van der Waals surface area (Å²) in [6.07, 6.45) is 3.40. The fraction of sp³-hybridized carbons (Fsp3) is 0.500. The molecule has 102 valence electrons. The molecule has 19 heavy (non-hydrogen) atoms. The number of carbonyl (C=O) groups excluding carboxylic acids is 1. The van der Waals surface area contributed by atoms with E-state index >= 15 is 0 Å². The molecule has 0 spiro atoms. The molecule has 0 bridgehead atoms. The van der Waals surface area contributed by atoms with Crippen molar-refractivity contribution in [2.24, 2.45) is 5.92 Å². The number of hydrogen-bond acceptors (Lipinski definition) is 6. The van der Waals surface area contributed by atoms with E-state index in [1.807, 2.05) is 0 Å². The molecule has 7 nitrogen and oxygen atoms in total. The lowest BCUT2D eigenvalue weighted by molar-refractivity contribution is -0.384. The van der Waals surface area contributed by atoms with Gasteiger partial charge in [-0.05, 0) is 18.4 Å². The van der Waals surface area contributed by atoms with Gasteiger partial charge in [0.1, 0.15) is 0 Å². The summed E-state index contributed by atoms with van der Waals surface area (Å²) in [5.41, 5.74) is -0.0783. The van der Waals surface area contributed by atoms with Gasteiger partial charge < -0.3 is 10.1 Å². The van der Waals surface area contributed by atoms with Crippen molar-refractivity contribution in [3.8, 4) is 0 Å². The maximum absolute atomic E-state index is 11.4. The van der Waals surface area contributed by atoms with Crippen LogP contribution in [0.3, 0.4) is 0 Å². The van der Waals surface area contributed by atoms with Crippen LogP contribution in [-0.2, 0) is 4.74 Å². The van der Waals surface area contributed by atoms with Crippen LogP contribution in [0.4, 0.5) is 11.5 Å². The number of methoxy groups -OCH3 is 1. The Morgan fingerprint density at radius 1 is 1.58 bits per heavy atom. The van der Waals surface area contributed by atoms with Gasteiger partial charge in [-0.15, -0.1) is 0 Å². The maximum atomic E-state index is 11.4. The molecule has 2 rings (SSSR count). The highest BCUT2D eigenvalue weighted by atomic mass is 16.6. The molecule has 0 amide bonds. The minimum Gasteiger partial charge on any atom is -0.464 e. The first-order valence-corrected chi connectivity index (χ1v) is 6.09. The Kier molecular flexibility index (Phi) is 3.94. The predicted molar refractivity (Wildman–Crippen MR) is 68.1 cm³/mol. The van der Waals surface area contributed by atoms with E-state index in [1.54, 1.807) is 0 Å². The second-order valence-corrected chi connectivity index (χ2v) is 4.47. The van der Waals surface area contributed by atoms with Crippen molar-refractivity contribution in [3.05, 3.63) is 27.9 Å². The molecule has 1 aliphatic carbocycles. The molecule has 0 aromatic carbocycles. The topological polar surface area (TPSA) is 94.4 Å². The van der Waals surface area contributed by atoms with E-state index in [0.29, 0.717) is 6.54 Å². The molecular formula is C12H15N3O4. The lowest BCUT2D eigenvalue weighted by Gasteiger charge is -2.07. The molecule has 1 aromatic heterocycles. The number of carbonyl (C=O) groups is 1. The molecule has 0 aliphatic heterocycles. The van der Waals surface area contributed by atoms with Gasteiger partial charge in [0.2, 0.25) is 5.82 Å². The largest absolute Gasteiger partial charge is 0.464 e. The number of esters is 1. The Balaban J connectivity index is 2.14. The minimum absolute atomic E-state index is 0.0574. The van der Waals surface area contributed by atoms with Crippen molar-refractivity contribution in [3.63, 3.8) is 0 Å². The zero-order chi connectivity index (χ0) is 13.8. The van der Waals surface area contributed by atoms with Crippen LogP contribution in [0.25, 0.3) is 0 Å². The first-order chi connectivity index (χ1) is 9.11. The Morgan fingerprint density at radius 2 is 2.32 bits per heavy atom. The van der Waals surface area contributed by atoms with Crippen LogP contribution in [0.5, 0.6) is 0 Å². The number of rotatable bonds is 6. The molecule has 1 heterocycles. The lowest BCUT2D eigenvalue weighted by atomic mass is 10.3. The Morgan fingerprint density at radius 3 is 2.89 bits per heavy atom. The van der Waals surface area contributed by atoms with Gasteiger partial charge in [0.25, 0.3) is 0 Å². The summed E-state index contributed by atoms with van der Waals surface area (Å²) in [4.78, 5) is 25.7. The van der Waals surface area contributed by atoms with Crippen molar-refractivity contribution < 1.29 is 14.5 Å². The first-order valence-electron chi connectivity index (χ1n) is 6.09. The molecule has 0 atom stereocenters. The average Bonchev–Trinajstić information content (AvgIpc) is 3.21. The van der Waals surface area contributed by atoms with Crippen LogP contribution >= 0.6 is 0 Å². The van der Waals surface area contributed by atoms with Crippen molar-refractivity contribution in [2.45, 2.75) is 19.3 Å². The van der Waals surface area contributed by atoms with Crippen LogP contribution in [0, 0.1) is 16.0 Å².